The predicted molar refractivity (Wildman–Crippen MR) is 96.5 cm³/mol. The number of benzene rings is 2. The first-order valence-corrected chi connectivity index (χ1v) is 8.49. The second-order valence-corrected chi connectivity index (χ2v) is 5.87. The van der Waals surface area contributed by atoms with Gasteiger partial charge in [-0.15, -0.1) is 0 Å². The van der Waals surface area contributed by atoms with Gasteiger partial charge in [0.2, 0.25) is 0 Å². The third kappa shape index (κ3) is 7.87. The quantitative estimate of drug-likeness (QED) is 0.686. The molecule has 0 heterocycles. The molecule has 0 aliphatic heterocycles. The van der Waals surface area contributed by atoms with Crippen molar-refractivity contribution in [1.29, 1.82) is 0 Å². The van der Waals surface area contributed by atoms with E-state index in [1.54, 1.807) is 24.3 Å². The van der Waals surface area contributed by atoms with Crippen molar-refractivity contribution in [2.24, 2.45) is 0 Å². The molecule has 0 aliphatic rings. The van der Waals surface area contributed by atoms with Crippen LogP contribution in [0, 0.1) is 6.92 Å². The van der Waals surface area contributed by atoms with E-state index in [0.717, 1.165) is 0 Å². The van der Waals surface area contributed by atoms with Crippen LogP contribution in [0.1, 0.15) is 56.2 Å². The van der Waals surface area contributed by atoms with E-state index in [2.05, 4.69) is 39.0 Å². The Kier molecular flexibility index (Phi) is 9.06. The van der Waals surface area contributed by atoms with E-state index in [0.29, 0.717) is 5.75 Å². The summed E-state index contributed by atoms with van der Waals surface area (Å²) in [6, 6.07) is 15.8. The molecule has 1 N–H and O–H groups in total. The largest absolute Gasteiger partial charge is 0.508 e. The number of phenolic OH excluding ortho intramolecular Hbond substituents is 1. The lowest BCUT2D eigenvalue weighted by atomic mass is 9.99. The number of unbranched alkanes of at least 4 members (excludes halogenated alkanes) is 2. The Labute approximate surface area is 136 Å². The molecule has 0 spiro atoms. The lowest BCUT2D eigenvalue weighted by Gasteiger charge is -2.07. The van der Waals surface area contributed by atoms with Crippen molar-refractivity contribution in [1.82, 2.24) is 0 Å². The lowest BCUT2D eigenvalue weighted by Crippen LogP contribution is -1.91. The summed E-state index contributed by atoms with van der Waals surface area (Å²) in [5, 5.41) is 8.63. The van der Waals surface area contributed by atoms with Crippen LogP contribution in [0.2, 0.25) is 0 Å². The fourth-order valence-electron chi connectivity index (χ4n) is 2.43. The lowest BCUT2D eigenvalue weighted by molar-refractivity contribution is 0.475. The minimum absolute atomic E-state index is 0.322. The smallest absolute Gasteiger partial charge is 0.115 e. The number of para-hydroxylation sites is 1. The SMILES string of the molecule is CCCCc1cc(C)cc(CCCC)c1.Oc1ccccc1. The van der Waals surface area contributed by atoms with E-state index < -0.39 is 0 Å². The molecule has 0 saturated carbocycles. The zero-order valence-corrected chi connectivity index (χ0v) is 14.3. The Bertz CT molecular complexity index is 490. The molecular weight excluding hydrogens is 268 g/mol. The van der Waals surface area contributed by atoms with Gasteiger partial charge in [-0.25, -0.2) is 0 Å². The van der Waals surface area contributed by atoms with Crippen LogP contribution >= 0.6 is 0 Å². The van der Waals surface area contributed by atoms with Gasteiger partial charge >= 0.3 is 0 Å². The van der Waals surface area contributed by atoms with Crippen molar-refractivity contribution in [3.8, 4) is 5.75 Å². The summed E-state index contributed by atoms with van der Waals surface area (Å²) in [7, 11) is 0. The minimum atomic E-state index is 0.322. The van der Waals surface area contributed by atoms with Crippen molar-refractivity contribution in [3.63, 3.8) is 0 Å². The molecule has 0 bridgehead atoms. The van der Waals surface area contributed by atoms with Gasteiger partial charge in [0.25, 0.3) is 0 Å². The minimum Gasteiger partial charge on any atom is -0.508 e. The molecular formula is C21H30O. The zero-order chi connectivity index (χ0) is 16.2. The molecule has 2 aromatic rings. The maximum Gasteiger partial charge on any atom is 0.115 e. The normalized spacial score (nSPS) is 9.95. The van der Waals surface area contributed by atoms with Gasteiger partial charge in [-0.2, -0.15) is 0 Å². The Morgan fingerprint density at radius 2 is 1.27 bits per heavy atom. The van der Waals surface area contributed by atoms with Gasteiger partial charge in [0.15, 0.2) is 0 Å². The molecule has 22 heavy (non-hydrogen) atoms. The van der Waals surface area contributed by atoms with E-state index in [1.807, 2.05) is 6.07 Å². The number of phenols is 1. The van der Waals surface area contributed by atoms with Gasteiger partial charge in [-0.05, 0) is 55.9 Å². The second kappa shape index (κ2) is 10.9. The van der Waals surface area contributed by atoms with Crippen LogP contribution in [0.5, 0.6) is 5.75 Å². The molecule has 1 nitrogen and oxygen atoms in total. The summed E-state index contributed by atoms with van der Waals surface area (Å²) in [6.45, 7) is 6.73. The van der Waals surface area contributed by atoms with Gasteiger partial charge in [0, 0.05) is 0 Å². The maximum absolute atomic E-state index is 8.63. The fraction of sp³-hybridized carbons (Fsp3) is 0.429. The summed E-state index contributed by atoms with van der Waals surface area (Å²) in [5.41, 5.74) is 4.49. The highest BCUT2D eigenvalue weighted by molar-refractivity contribution is 5.29. The highest BCUT2D eigenvalue weighted by atomic mass is 16.3. The van der Waals surface area contributed by atoms with Crippen LogP contribution in [0.4, 0.5) is 0 Å². The van der Waals surface area contributed by atoms with Crippen molar-refractivity contribution in [2.45, 2.75) is 59.3 Å². The van der Waals surface area contributed by atoms with Crippen LogP contribution in [0.3, 0.4) is 0 Å². The Morgan fingerprint density at radius 3 is 1.64 bits per heavy atom. The van der Waals surface area contributed by atoms with Crippen LogP contribution in [-0.4, -0.2) is 5.11 Å². The molecule has 0 saturated heterocycles. The summed E-state index contributed by atoms with van der Waals surface area (Å²) in [6.07, 6.45) is 7.71. The topological polar surface area (TPSA) is 20.2 Å². The molecule has 0 radical (unpaired) electrons. The maximum atomic E-state index is 8.63. The first kappa shape index (κ1) is 18.3. The highest BCUT2D eigenvalue weighted by Gasteiger charge is 1.98. The third-order valence-electron chi connectivity index (χ3n) is 3.59. The van der Waals surface area contributed by atoms with Gasteiger partial charge in [0.05, 0.1) is 0 Å². The van der Waals surface area contributed by atoms with E-state index >= 15 is 0 Å². The molecule has 1 heteroatoms. The van der Waals surface area contributed by atoms with Crippen LogP contribution < -0.4 is 0 Å². The van der Waals surface area contributed by atoms with Crippen LogP contribution in [-0.2, 0) is 12.8 Å². The molecule has 0 aromatic heterocycles. The van der Waals surface area contributed by atoms with Crippen LogP contribution in [0.15, 0.2) is 48.5 Å². The van der Waals surface area contributed by atoms with Gasteiger partial charge in [-0.1, -0.05) is 68.7 Å². The van der Waals surface area contributed by atoms with E-state index in [4.69, 9.17) is 5.11 Å². The van der Waals surface area contributed by atoms with Gasteiger partial charge < -0.3 is 5.11 Å². The molecule has 0 atom stereocenters. The van der Waals surface area contributed by atoms with E-state index in [1.165, 1.54) is 55.2 Å². The fourth-order valence-corrected chi connectivity index (χ4v) is 2.43. The molecule has 0 aliphatic carbocycles. The monoisotopic (exact) mass is 298 g/mol. The number of aryl methyl sites for hydroxylation is 3. The Hall–Kier alpha value is -1.76. The summed E-state index contributed by atoms with van der Waals surface area (Å²) < 4.78 is 0. The zero-order valence-electron chi connectivity index (χ0n) is 14.3. The third-order valence-corrected chi connectivity index (χ3v) is 3.59. The highest BCUT2D eigenvalue weighted by Crippen LogP contribution is 2.14. The average Bonchev–Trinajstić information content (AvgIpc) is 2.52. The van der Waals surface area contributed by atoms with Crippen molar-refractivity contribution in [3.05, 3.63) is 65.2 Å². The first-order valence-electron chi connectivity index (χ1n) is 8.49. The number of hydrogen-bond acceptors (Lipinski definition) is 1. The molecule has 2 aromatic carbocycles. The Morgan fingerprint density at radius 1 is 0.773 bits per heavy atom. The van der Waals surface area contributed by atoms with Gasteiger partial charge in [-0.3, -0.25) is 0 Å². The molecule has 2 rings (SSSR count). The summed E-state index contributed by atoms with van der Waals surface area (Å²) >= 11 is 0. The van der Waals surface area contributed by atoms with Crippen LogP contribution in [0.25, 0.3) is 0 Å². The predicted octanol–water partition coefficient (Wildman–Crippen LogP) is 6.07. The number of rotatable bonds is 6. The number of aromatic hydroxyl groups is 1. The molecule has 0 amide bonds. The van der Waals surface area contributed by atoms with Crippen molar-refractivity contribution >= 4 is 0 Å². The van der Waals surface area contributed by atoms with E-state index in [9.17, 15) is 0 Å². The molecule has 120 valence electrons. The van der Waals surface area contributed by atoms with Crippen molar-refractivity contribution in [2.75, 3.05) is 0 Å². The van der Waals surface area contributed by atoms with Gasteiger partial charge in [0.1, 0.15) is 5.75 Å². The second-order valence-electron chi connectivity index (χ2n) is 5.87. The molecule has 0 fully saturated rings. The first-order chi connectivity index (χ1) is 10.7. The number of hydrogen-bond donors (Lipinski definition) is 1. The molecule has 0 unspecified atom stereocenters. The summed E-state index contributed by atoms with van der Waals surface area (Å²) in [5.74, 6) is 0.322. The van der Waals surface area contributed by atoms with Crippen molar-refractivity contribution < 1.29 is 5.11 Å². The summed E-state index contributed by atoms with van der Waals surface area (Å²) in [4.78, 5) is 0. The Balaban J connectivity index is 0.000000287. The average molecular weight is 298 g/mol. The standard InChI is InChI=1S/C15H24.C6H6O/c1-4-6-8-14-10-13(3)11-15(12-14)9-7-5-2;7-6-4-2-1-3-5-6/h10-12H,4-9H2,1-3H3;1-5,7H. The van der Waals surface area contributed by atoms with E-state index in [-0.39, 0.29) is 0 Å².